The Morgan fingerprint density at radius 1 is 1.52 bits per heavy atom. The third-order valence-electron chi connectivity index (χ3n) is 4.08. The number of anilines is 1. The minimum atomic E-state index is -1.50. The summed E-state index contributed by atoms with van der Waals surface area (Å²) in [6.07, 6.45) is 0.180. The molecule has 0 amide bonds. The number of hydrogen-bond donors (Lipinski definition) is 4. The van der Waals surface area contributed by atoms with Crippen molar-refractivity contribution in [1.29, 1.82) is 0 Å². The molecule has 1 aliphatic heterocycles. The Hall–Kier alpha value is -2.30. The molecule has 0 saturated carbocycles. The molecule has 0 radical (unpaired) electrons. The van der Waals surface area contributed by atoms with Gasteiger partial charge in [0.05, 0.1) is 31.6 Å². The van der Waals surface area contributed by atoms with Gasteiger partial charge >= 0.3 is 0 Å². The number of aromatic nitrogens is 4. The summed E-state index contributed by atoms with van der Waals surface area (Å²) in [5, 5.41) is 29.6. The average molecular weight is 325 g/mol. The van der Waals surface area contributed by atoms with Crippen LogP contribution in [-0.2, 0) is 4.74 Å². The Bertz CT molecular complexity index is 753. The molecule has 1 saturated heterocycles. The number of rotatable bonds is 4. The lowest BCUT2D eigenvalue weighted by molar-refractivity contribution is -0.0959. The molecule has 3 rings (SSSR count). The molecule has 0 spiro atoms. The SMILES string of the molecule is C=C[C@]1(CO)O[C@@H](n2cnc3c(O)nc(N)nc32)[C@@H](CF)[C@@H]1O. The number of fused-ring (bicyclic) bond motifs is 1. The van der Waals surface area contributed by atoms with Gasteiger partial charge in [-0.2, -0.15) is 9.97 Å². The van der Waals surface area contributed by atoms with Crippen molar-refractivity contribution in [3.63, 3.8) is 0 Å². The molecule has 1 aliphatic rings. The van der Waals surface area contributed by atoms with E-state index >= 15 is 0 Å². The molecule has 9 nitrogen and oxygen atoms in total. The highest BCUT2D eigenvalue weighted by atomic mass is 19.1. The van der Waals surface area contributed by atoms with Crippen molar-refractivity contribution in [2.24, 2.45) is 5.92 Å². The Labute approximate surface area is 129 Å². The summed E-state index contributed by atoms with van der Waals surface area (Å²) < 4.78 is 20.5. The van der Waals surface area contributed by atoms with Crippen LogP contribution in [0.4, 0.5) is 10.3 Å². The number of ether oxygens (including phenoxy) is 1. The fraction of sp³-hybridized carbons (Fsp3) is 0.462. The molecule has 0 unspecified atom stereocenters. The standard InChI is InChI=1S/C13H16FN5O4/c1-2-13(4-20)8(21)6(3-14)11(23-13)19-5-16-7-9(19)17-12(15)18-10(7)22/h2,5-6,8,11,20-21H,1,3-4H2,(H3,15,17,18,22)/t6-,8-,11+,13+/m0/s1. The van der Waals surface area contributed by atoms with E-state index in [0.717, 1.165) is 0 Å². The Balaban J connectivity index is 2.13. The second-order valence-corrected chi connectivity index (χ2v) is 5.32. The lowest BCUT2D eigenvalue weighted by Gasteiger charge is -2.26. The van der Waals surface area contributed by atoms with Gasteiger partial charge in [0.2, 0.25) is 11.8 Å². The second-order valence-electron chi connectivity index (χ2n) is 5.32. The topological polar surface area (TPSA) is 140 Å². The van der Waals surface area contributed by atoms with Crippen molar-refractivity contribution in [2.75, 3.05) is 19.0 Å². The van der Waals surface area contributed by atoms with Gasteiger partial charge in [-0.1, -0.05) is 6.08 Å². The highest BCUT2D eigenvalue weighted by Crippen LogP contribution is 2.43. The van der Waals surface area contributed by atoms with Crippen LogP contribution in [0.2, 0.25) is 0 Å². The molecule has 23 heavy (non-hydrogen) atoms. The number of alkyl halides is 1. The number of hydrogen-bond acceptors (Lipinski definition) is 8. The van der Waals surface area contributed by atoms with Crippen LogP contribution in [0.5, 0.6) is 5.88 Å². The molecular weight excluding hydrogens is 309 g/mol. The first-order valence-electron chi connectivity index (χ1n) is 6.82. The van der Waals surface area contributed by atoms with E-state index in [9.17, 15) is 19.7 Å². The fourth-order valence-electron chi connectivity index (χ4n) is 2.79. The molecule has 1 fully saturated rings. The fourth-order valence-corrected chi connectivity index (χ4v) is 2.79. The van der Waals surface area contributed by atoms with Crippen LogP contribution in [0.1, 0.15) is 6.23 Å². The van der Waals surface area contributed by atoms with E-state index in [-0.39, 0.29) is 17.1 Å². The van der Waals surface area contributed by atoms with Crippen molar-refractivity contribution < 1.29 is 24.4 Å². The first-order valence-corrected chi connectivity index (χ1v) is 6.82. The molecule has 0 bridgehead atoms. The number of imidazole rings is 1. The van der Waals surface area contributed by atoms with Gasteiger partial charge in [-0.15, -0.1) is 6.58 Å². The average Bonchev–Trinajstić information content (AvgIpc) is 3.06. The quantitative estimate of drug-likeness (QED) is 0.552. The van der Waals surface area contributed by atoms with Gasteiger partial charge in [0, 0.05) is 0 Å². The van der Waals surface area contributed by atoms with E-state index in [4.69, 9.17) is 10.5 Å². The highest BCUT2D eigenvalue weighted by molar-refractivity contribution is 5.77. The summed E-state index contributed by atoms with van der Waals surface area (Å²) in [5.74, 6) is -1.60. The molecule has 2 aromatic heterocycles. The number of nitrogen functional groups attached to an aromatic ring is 1. The van der Waals surface area contributed by atoms with E-state index < -0.39 is 43.0 Å². The highest BCUT2D eigenvalue weighted by Gasteiger charge is 2.53. The van der Waals surface area contributed by atoms with E-state index in [0.29, 0.717) is 0 Å². The van der Waals surface area contributed by atoms with E-state index in [1.165, 1.54) is 17.0 Å². The van der Waals surface area contributed by atoms with Crippen molar-refractivity contribution >= 4 is 17.1 Å². The first kappa shape index (κ1) is 15.6. The number of aliphatic hydroxyl groups is 2. The van der Waals surface area contributed by atoms with Crippen LogP contribution in [0.3, 0.4) is 0 Å². The van der Waals surface area contributed by atoms with Gasteiger partial charge in [0.25, 0.3) is 0 Å². The van der Waals surface area contributed by atoms with Crippen LogP contribution in [0.15, 0.2) is 19.0 Å². The third kappa shape index (κ3) is 2.14. The second kappa shape index (κ2) is 5.41. The van der Waals surface area contributed by atoms with Crippen molar-refractivity contribution in [2.45, 2.75) is 17.9 Å². The van der Waals surface area contributed by atoms with E-state index in [1.807, 2.05) is 0 Å². The zero-order valence-corrected chi connectivity index (χ0v) is 12.0. The monoisotopic (exact) mass is 325 g/mol. The molecular formula is C13H16FN5O4. The van der Waals surface area contributed by atoms with E-state index in [2.05, 4.69) is 21.5 Å². The van der Waals surface area contributed by atoms with Gasteiger partial charge in [0.15, 0.2) is 11.2 Å². The van der Waals surface area contributed by atoms with Crippen molar-refractivity contribution in [1.82, 2.24) is 19.5 Å². The van der Waals surface area contributed by atoms with Crippen LogP contribution in [-0.4, -0.2) is 59.8 Å². The Morgan fingerprint density at radius 2 is 2.26 bits per heavy atom. The number of nitrogens with zero attached hydrogens (tertiary/aromatic N) is 4. The van der Waals surface area contributed by atoms with E-state index in [1.54, 1.807) is 0 Å². The summed E-state index contributed by atoms with van der Waals surface area (Å²) in [5.41, 5.74) is 4.20. The molecule has 4 atom stereocenters. The molecule has 3 heterocycles. The van der Waals surface area contributed by atoms with Gasteiger partial charge in [-0.3, -0.25) is 8.96 Å². The maximum atomic E-state index is 13.5. The van der Waals surface area contributed by atoms with Crippen molar-refractivity contribution in [3.05, 3.63) is 19.0 Å². The zero-order chi connectivity index (χ0) is 16.8. The van der Waals surface area contributed by atoms with Gasteiger partial charge in [-0.25, -0.2) is 4.98 Å². The van der Waals surface area contributed by atoms with Gasteiger partial charge in [0.1, 0.15) is 11.8 Å². The predicted octanol–water partition coefficient (Wildman–Crippen LogP) is -0.493. The van der Waals surface area contributed by atoms with Gasteiger partial charge < -0.3 is 25.8 Å². The largest absolute Gasteiger partial charge is 0.492 e. The predicted molar refractivity (Wildman–Crippen MR) is 77.0 cm³/mol. The summed E-state index contributed by atoms with van der Waals surface area (Å²) in [4.78, 5) is 11.5. The summed E-state index contributed by atoms with van der Waals surface area (Å²) in [6.45, 7) is 2.05. The van der Waals surface area contributed by atoms with Crippen LogP contribution in [0, 0.1) is 5.92 Å². The van der Waals surface area contributed by atoms with Crippen LogP contribution >= 0.6 is 0 Å². The van der Waals surface area contributed by atoms with Crippen LogP contribution in [0.25, 0.3) is 11.2 Å². The molecule has 10 heteroatoms. The molecule has 124 valence electrons. The maximum Gasteiger partial charge on any atom is 0.244 e. The molecule has 0 aromatic carbocycles. The zero-order valence-electron chi connectivity index (χ0n) is 12.0. The minimum absolute atomic E-state index is 0.0648. The lowest BCUT2D eigenvalue weighted by atomic mass is 9.91. The molecule has 2 aromatic rings. The number of aromatic hydroxyl groups is 1. The normalized spacial score (nSPS) is 30.8. The lowest BCUT2D eigenvalue weighted by Crippen LogP contribution is -2.43. The Kier molecular flexibility index (Phi) is 3.66. The summed E-state index contributed by atoms with van der Waals surface area (Å²) >= 11 is 0. The smallest absolute Gasteiger partial charge is 0.244 e. The van der Waals surface area contributed by atoms with Crippen molar-refractivity contribution in [3.8, 4) is 5.88 Å². The molecule has 0 aliphatic carbocycles. The number of halogens is 1. The third-order valence-corrected chi connectivity index (χ3v) is 4.08. The summed E-state index contributed by atoms with van der Waals surface area (Å²) in [6, 6.07) is 0. The maximum absolute atomic E-state index is 13.5. The first-order chi connectivity index (χ1) is 11.0. The Morgan fingerprint density at radius 3 is 2.87 bits per heavy atom. The summed E-state index contributed by atoms with van der Waals surface area (Å²) in [7, 11) is 0. The van der Waals surface area contributed by atoms with Crippen LogP contribution < -0.4 is 5.73 Å². The number of aliphatic hydroxyl groups excluding tert-OH is 2. The number of nitrogens with two attached hydrogens (primary N) is 1. The van der Waals surface area contributed by atoms with Gasteiger partial charge in [-0.05, 0) is 0 Å². The molecule has 5 N–H and O–H groups in total. The minimum Gasteiger partial charge on any atom is -0.492 e.